The van der Waals surface area contributed by atoms with Crippen molar-refractivity contribution in [3.63, 3.8) is 0 Å². The van der Waals surface area contributed by atoms with Crippen LogP contribution in [0.5, 0.6) is 0 Å². The Morgan fingerprint density at radius 1 is 1.35 bits per heavy atom. The van der Waals surface area contributed by atoms with Crippen LogP contribution in [-0.4, -0.2) is 47.0 Å². The molecule has 2 aromatic heterocycles. The molecular formula is C15H18FN5OS. The molecular weight excluding hydrogens is 317 g/mol. The van der Waals surface area contributed by atoms with Crippen molar-refractivity contribution < 1.29 is 9.18 Å². The summed E-state index contributed by atoms with van der Waals surface area (Å²) in [5, 5.41) is 5.30. The molecule has 0 spiro atoms. The van der Waals surface area contributed by atoms with E-state index < -0.39 is 0 Å². The molecule has 0 radical (unpaired) electrons. The van der Waals surface area contributed by atoms with Gasteiger partial charge in [0.2, 0.25) is 5.91 Å². The van der Waals surface area contributed by atoms with E-state index in [0.717, 1.165) is 44.1 Å². The first-order valence-corrected chi connectivity index (χ1v) is 8.28. The number of hydrogen-bond donors (Lipinski definition) is 1. The molecule has 23 heavy (non-hydrogen) atoms. The van der Waals surface area contributed by atoms with Crippen LogP contribution < -0.4 is 10.2 Å². The second-order valence-corrected chi connectivity index (χ2v) is 6.31. The van der Waals surface area contributed by atoms with E-state index in [1.54, 1.807) is 6.20 Å². The van der Waals surface area contributed by atoms with Crippen LogP contribution in [0.3, 0.4) is 0 Å². The van der Waals surface area contributed by atoms with Gasteiger partial charge in [0, 0.05) is 51.1 Å². The molecule has 1 saturated heterocycles. The number of piperazine rings is 1. The van der Waals surface area contributed by atoms with Gasteiger partial charge in [-0.2, -0.15) is 0 Å². The number of thiazole rings is 1. The molecule has 0 aliphatic carbocycles. The minimum atomic E-state index is -0.307. The van der Waals surface area contributed by atoms with E-state index >= 15 is 0 Å². The number of hydrogen-bond acceptors (Lipinski definition) is 6. The normalized spacial score (nSPS) is 15.7. The monoisotopic (exact) mass is 335 g/mol. The van der Waals surface area contributed by atoms with Gasteiger partial charge in [0.25, 0.3) is 0 Å². The van der Waals surface area contributed by atoms with Gasteiger partial charge in [-0.05, 0) is 0 Å². The zero-order chi connectivity index (χ0) is 16.2. The maximum atomic E-state index is 13.2. The number of carbonyl (C=O) groups is 1. The van der Waals surface area contributed by atoms with Gasteiger partial charge in [-0.15, -0.1) is 11.3 Å². The Bertz CT molecular complexity index is 684. The number of pyridine rings is 1. The third-order valence-corrected chi connectivity index (χ3v) is 4.45. The Morgan fingerprint density at radius 2 is 2.13 bits per heavy atom. The molecule has 1 aliphatic heterocycles. The lowest BCUT2D eigenvalue weighted by atomic mass is 10.2. The van der Waals surface area contributed by atoms with Crippen LogP contribution in [0.15, 0.2) is 23.8 Å². The van der Waals surface area contributed by atoms with Crippen molar-refractivity contribution in [2.75, 3.05) is 36.4 Å². The van der Waals surface area contributed by atoms with Crippen LogP contribution in [0.1, 0.15) is 12.6 Å². The Balaban J connectivity index is 1.53. The second-order valence-electron chi connectivity index (χ2n) is 5.45. The molecule has 0 unspecified atom stereocenters. The van der Waals surface area contributed by atoms with Gasteiger partial charge < -0.3 is 10.2 Å². The molecule has 1 aliphatic rings. The molecule has 0 atom stereocenters. The van der Waals surface area contributed by atoms with Crippen LogP contribution in [-0.2, 0) is 11.3 Å². The highest BCUT2D eigenvalue weighted by Gasteiger charge is 2.18. The van der Waals surface area contributed by atoms with Gasteiger partial charge in [0.1, 0.15) is 5.82 Å². The lowest BCUT2D eigenvalue weighted by Crippen LogP contribution is -2.46. The lowest BCUT2D eigenvalue weighted by Gasteiger charge is -2.35. The van der Waals surface area contributed by atoms with Crippen LogP contribution >= 0.6 is 11.3 Å². The fourth-order valence-electron chi connectivity index (χ4n) is 2.55. The number of halogens is 1. The predicted octanol–water partition coefficient (Wildman–Crippen LogP) is 1.96. The quantitative estimate of drug-likeness (QED) is 0.925. The molecule has 2 aromatic rings. The first kappa shape index (κ1) is 15.8. The Labute approximate surface area is 138 Å². The lowest BCUT2D eigenvalue weighted by molar-refractivity contribution is -0.114. The average molecular weight is 335 g/mol. The van der Waals surface area contributed by atoms with Crippen molar-refractivity contribution in [2.45, 2.75) is 13.5 Å². The molecule has 1 fully saturated rings. The first-order chi connectivity index (χ1) is 11.1. The number of aromatic nitrogens is 2. The van der Waals surface area contributed by atoms with Crippen molar-refractivity contribution in [2.24, 2.45) is 0 Å². The Kier molecular flexibility index (Phi) is 4.82. The summed E-state index contributed by atoms with van der Waals surface area (Å²) in [7, 11) is 0. The van der Waals surface area contributed by atoms with Gasteiger partial charge in [0.05, 0.1) is 23.8 Å². The summed E-state index contributed by atoms with van der Waals surface area (Å²) < 4.78 is 13.2. The molecule has 122 valence electrons. The van der Waals surface area contributed by atoms with E-state index in [9.17, 15) is 9.18 Å². The topological polar surface area (TPSA) is 61.4 Å². The maximum Gasteiger partial charge on any atom is 0.223 e. The summed E-state index contributed by atoms with van der Waals surface area (Å²) in [6.45, 7) is 5.64. The standard InChI is InChI=1S/C15H18FN5OS/c1-11(22)18-15-19-13(10-23-15)9-20-2-4-21(5-3-20)14-6-12(16)7-17-8-14/h6-8,10H,2-5,9H2,1H3,(H,18,19,22). The van der Waals surface area contributed by atoms with Gasteiger partial charge in [0.15, 0.2) is 5.13 Å². The highest BCUT2D eigenvalue weighted by molar-refractivity contribution is 7.13. The minimum Gasteiger partial charge on any atom is -0.368 e. The van der Waals surface area contributed by atoms with E-state index in [1.807, 2.05) is 5.38 Å². The molecule has 6 nitrogen and oxygen atoms in total. The van der Waals surface area contributed by atoms with Gasteiger partial charge >= 0.3 is 0 Å². The highest BCUT2D eigenvalue weighted by Crippen LogP contribution is 2.19. The minimum absolute atomic E-state index is 0.108. The molecule has 0 aromatic carbocycles. The molecule has 3 rings (SSSR count). The molecule has 0 bridgehead atoms. The number of nitrogens with one attached hydrogen (secondary N) is 1. The molecule has 3 heterocycles. The number of amides is 1. The van der Waals surface area contributed by atoms with Crippen molar-refractivity contribution in [1.29, 1.82) is 0 Å². The van der Waals surface area contributed by atoms with Crippen LogP contribution in [0.25, 0.3) is 0 Å². The van der Waals surface area contributed by atoms with Gasteiger partial charge in [-0.1, -0.05) is 0 Å². The maximum absolute atomic E-state index is 13.2. The molecule has 8 heteroatoms. The van der Waals surface area contributed by atoms with E-state index in [4.69, 9.17) is 0 Å². The summed E-state index contributed by atoms with van der Waals surface area (Å²) in [5.74, 6) is -0.416. The SMILES string of the molecule is CC(=O)Nc1nc(CN2CCN(c3cncc(F)c3)CC2)cs1. The Hall–Kier alpha value is -2.06. The fourth-order valence-corrected chi connectivity index (χ4v) is 3.30. The molecule has 1 amide bonds. The average Bonchev–Trinajstić information content (AvgIpc) is 2.94. The molecule has 1 N–H and O–H groups in total. The van der Waals surface area contributed by atoms with Gasteiger partial charge in [-0.25, -0.2) is 9.37 Å². The van der Waals surface area contributed by atoms with Gasteiger partial charge in [-0.3, -0.25) is 14.7 Å². The second kappa shape index (κ2) is 7.01. The summed E-state index contributed by atoms with van der Waals surface area (Å²) in [4.78, 5) is 23.8. The predicted molar refractivity (Wildman–Crippen MR) is 88.1 cm³/mol. The number of rotatable bonds is 4. The summed E-state index contributed by atoms with van der Waals surface area (Å²) in [5.41, 5.74) is 1.78. The van der Waals surface area contributed by atoms with Crippen LogP contribution in [0, 0.1) is 5.82 Å². The van der Waals surface area contributed by atoms with Crippen molar-refractivity contribution >= 4 is 28.1 Å². The summed E-state index contributed by atoms with van der Waals surface area (Å²) in [6.07, 6.45) is 2.91. The van der Waals surface area contributed by atoms with Crippen molar-refractivity contribution in [1.82, 2.24) is 14.9 Å². The third-order valence-electron chi connectivity index (χ3n) is 3.65. The first-order valence-electron chi connectivity index (χ1n) is 7.40. The van der Waals surface area contributed by atoms with E-state index in [-0.39, 0.29) is 11.7 Å². The largest absolute Gasteiger partial charge is 0.368 e. The van der Waals surface area contributed by atoms with Crippen molar-refractivity contribution in [3.8, 4) is 0 Å². The number of nitrogens with zero attached hydrogens (tertiary/aromatic N) is 4. The van der Waals surface area contributed by atoms with Crippen LogP contribution in [0.4, 0.5) is 15.2 Å². The Morgan fingerprint density at radius 3 is 2.83 bits per heavy atom. The fraction of sp³-hybridized carbons (Fsp3) is 0.400. The number of anilines is 2. The summed E-state index contributed by atoms with van der Waals surface area (Å²) in [6, 6.07) is 1.52. The molecule has 0 saturated carbocycles. The zero-order valence-electron chi connectivity index (χ0n) is 12.8. The number of carbonyl (C=O) groups excluding carboxylic acids is 1. The zero-order valence-corrected chi connectivity index (χ0v) is 13.6. The van der Waals surface area contributed by atoms with Crippen LogP contribution in [0.2, 0.25) is 0 Å². The van der Waals surface area contributed by atoms with E-state index in [0.29, 0.717) is 5.13 Å². The third kappa shape index (κ3) is 4.23. The van der Waals surface area contributed by atoms with Crippen molar-refractivity contribution in [3.05, 3.63) is 35.4 Å². The van der Waals surface area contributed by atoms with E-state index in [2.05, 4.69) is 25.1 Å². The van der Waals surface area contributed by atoms with E-state index in [1.165, 1.54) is 30.5 Å². The summed E-state index contributed by atoms with van der Waals surface area (Å²) >= 11 is 1.44. The smallest absolute Gasteiger partial charge is 0.223 e. The highest BCUT2D eigenvalue weighted by atomic mass is 32.1.